The average molecular weight is 265 g/mol. The Morgan fingerprint density at radius 2 is 2.11 bits per heavy atom. The molecular weight excluding hydrogens is 250 g/mol. The lowest BCUT2D eigenvalue weighted by atomic mass is 10.0. The topological polar surface area (TPSA) is 52.4 Å². The maximum Gasteiger partial charge on any atom is 0.280 e. The number of benzene rings is 1. The highest BCUT2D eigenvalue weighted by Crippen LogP contribution is 2.29. The Kier molecular flexibility index (Phi) is 4.25. The fourth-order valence-electron chi connectivity index (χ4n) is 1.93. The van der Waals surface area contributed by atoms with Crippen LogP contribution in [0.2, 0.25) is 0 Å². The summed E-state index contributed by atoms with van der Waals surface area (Å²) >= 11 is 1.93. The summed E-state index contributed by atoms with van der Waals surface area (Å²) in [7, 11) is 1.51. The quantitative estimate of drug-likeness (QED) is 0.620. The third kappa shape index (κ3) is 3.04. The van der Waals surface area contributed by atoms with Crippen LogP contribution >= 0.6 is 11.8 Å². The van der Waals surface area contributed by atoms with Gasteiger partial charge in [-0.3, -0.25) is 10.1 Å². The Bertz CT molecular complexity index is 477. The third-order valence-corrected chi connectivity index (χ3v) is 3.91. The first-order chi connectivity index (χ1) is 8.70. The van der Waals surface area contributed by atoms with Crippen LogP contribution in [0.25, 0.3) is 6.08 Å². The molecule has 18 heavy (non-hydrogen) atoms. The molecule has 0 aromatic heterocycles. The van der Waals surface area contributed by atoms with Crippen molar-refractivity contribution in [1.29, 1.82) is 0 Å². The highest BCUT2D eigenvalue weighted by molar-refractivity contribution is 7.99. The first-order valence-corrected chi connectivity index (χ1v) is 6.96. The largest absolute Gasteiger partial charge is 0.497 e. The number of hydrogen-bond donors (Lipinski definition) is 0. The van der Waals surface area contributed by atoms with E-state index in [1.165, 1.54) is 18.7 Å². The van der Waals surface area contributed by atoms with Crippen molar-refractivity contribution in [1.82, 2.24) is 0 Å². The number of thioether (sulfide) groups is 1. The van der Waals surface area contributed by atoms with E-state index in [0.717, 1.165) is 24.3 Å². The molecule has 4 nitrogen and oxygen atoms in total. The monoisotopic (exact) mass is 265 g/mol. The van der Waals surface area contributed by atoms with Gasteiger partial charge in [0.05, 0.1) is 23.7 Å². The molecule has 0 aliphatic carbocycles. The van der Waals surface area contributed by atoms with Gasteiger partial charge in [0.1, 0.15) is 5.75 Å². The molecule has 1 saturated heterocycles. The van der Waals surface area contributed by atoms with E-state index >= 15 is 0 Å². The summed E-state index contributed by atoms with van der Waals surface area (Å²) in [4.78, 5) is 10.7. The predicted octanol–water partition coefficient (Wildman–Crippen LogP) is 3.51. The first-order valence-electron chi connectivity index (χ1n) is 5.80. The summed E-state index contributed by atoms with van der Waals surface area (Å²) in [5.74, 6) is 2.73. The molecule has 1 fully saturated rings. The molecule has 1 aliphatic rings. The summed E-state index contributed by atoms with van der Waals surface area (Å²) in [6.07, 6.45) is 4.00. The Morgan fingerprint density at radius 3 is 2.72 bits per heavy atom. The summed E-state index contributed by atoms with van der Waals surface area (Å²) in [5.41, 5.74) is 2.07. The predicted molar refractivity (Wildman–Crippen MR) is 74.2 cm³/mol. The van der Waals surface area contributed by atoms with Crippen molar-refractivity contribution in [2.45, 2.75) is 12.8 Å². The molecule has 5 heteroatoms. The number of nitrogens with zero attached hydrogens (tertiary/aromatic N) is 1. The average Bonchev–Trinajstić information content (AvgIpc) is 2.40. The molecule has 1 aromatic carbocycles. The van der Waals surface area contributed by atoms with Crippen LogP contribution in [0.1, 0.15) is 18.4 Å². The standard InChI is InChI=1S/C13H15NO3S/c1-17-12-3-2-11(13(9-12)14(15)16)8-10-4-6-18-7-5-10/h2-3,8-9H,4-7H2,1H3. The molecule has 0 saturated carbocycles. The lowest BCUT2D eigenvalue weighted by Crippen LogP contribution is -1.99. The van der Waals surface area contributed by atoms with E-state index in [2.05, 4.69) is 0 Å². The van der Waals surface area contributed by atoms with Gasteiger partial charge in [-0.15, -0.1) is 0 Å². The van der Waals surface area contributed by atoms with Gasteiger partial charge in [0, 0.05) is 0 Å². The van der Waals surface area contributed by atoms with Crippen molar-refractivity contribution in [3.8, 4) is 5.75 Å². The molecule has 0 radical (unpaired) electrons. The van der Waals surface area contributed by atoms with Gasteiger partial charge in [-0.1, -0.05) is 5.57 Å². The number of hydrogen-bond acceptors (Lipinski definition) is 4. The van der Waals surface area contributed by atoms with Gasteiger partial charge in [-0.25, -0.2) is 0 Å². The molecule has 0 atom stereocenters. The Morgan fingerprint density at radius 1 is 1.39 bits per heavy atom. The second kappa shape index (κ2) is 5.91. The minimum atomic E-state index is -0.355. The number of rotatable bonds is 3. The van der Waals surface area contributed by atoms with Crippen LogP contribution in [-0.2, 0) is 0 Å². The smallest absolute Gasteiger partial charge is 0.280 e. The van der Waals surface area contributed by atoms with Gasteiger partial charge in [0.15, 0.2) is 0 Å². The van der Waals surface area contributed by atoms with Gasteiger partial charge in [-0.05, 0) is 42.6 Å². The molecule has 1 heterocycles. The van der Waals surface area contributed by atoms with Crippen molar-refractivity contribution in [3.63, 3.8) is 0 Å². The highest BCUT2D eigenvalue weighted by atomic mass is 32.2. The van der Waals surface area contributed by atoms with Gasteiger partial charge in [0.25, 0.3) is 5.69 Å². The van der Waals surface area contributed by atoms with Crippen LogP contribution in [-0.4, -0.2) is 23.5 Å². The number of methoxy groups -OCH3 is 1. The Labute approximate surface area is 110 Å². The van der Waals surface area contributed by atoms with E-state index in [4.69, 9.17) is 4.74 Å². The molecule has 0 amide bonds. The zero-order chi connectivity index (χ0) is 13.0. The zero-order valence-corrected chi connectivity index (χ0v) is 11.0. The van der Waals surface area contributed by atoms with Crippen molar-refractivity contribution in [2.24, 2.45) is 0 Å². The van der Waals surface area contributed by atoms with Gasteiger partial charge in [-0.2, -0.15) is 11.8 Å². The third-order valence-electron chi connectivity index (χ3n) is 2.93. The number of nitro groups is 1. The number of ether oxygens (including phenoxy) is 1. The summed E-state index contributed by atoms with van der Waals surface area (Å²) in [6, 6.07) is 4.99. The van der Waals surface area contributed by atoms with E-state index in [1.54, 1.807) is 12.1 Å². The van der Waals surface area contributed by atoms with Gasteiger partial charge >= 0.3 is 0 Å². The van der Waals surface area contributed by atoms with Crippen LogP contribution in [0, 0.1) is 10.1 Å². The lowest BCUT2D eigenvalue weighted by molar-refractivity contribution is -0.385. The second-order valence-corrected chi connectivity index (χ2v) is 5.32. The maximum absolute atomic E-state index is 11.0. The molecular formula is C13H15NO3S. The molecule has 1 aromatic rings. The summed E-state index contributed by atoms with van der Waals surface area (Å²) in [6.45, 7) is 0. The van der Waals surface area contributed by atoms with E-state index in [0.29, 0.717) is 11.3 Å². The van der Waals surface area contributed by atoms with E-state index in [-0.39, 0.29) is 10.6 Å². The summed E-state index contributed by atoms with van der Waals surface area (Å²) < 4.78 is 5.02. The van der Waals surface area contributed by atoms with E-state index in [1.807, 2.05) is 17.8 Å². The highest BCUT2D eigenvalue weighted by Gasteiger charge is 2.15. The molecule has 0 bridgehead atoms. The molecule has 0 spiro atoms. The lowest BCUT2D eigenvalue weighted by Gasteiger charge is -2.13. The van der Waals surface area contributed by atoms with Crippen LogP contribution in [0.15, 0.2) is 23.8 Å². The zero-order valence-electron chi connectivity index (χ0n) is 10.2. The second-order valence-electron chi connectivity index (χ2n) is 4.10. The molecule has 96 valence electrons. The van der Waals surface area contributed by atoms with E-state index in [9.17, 15) is 10.1 Å². The van der Waals surface area contributed by atoms with Gasteiger partial charge < -0.3 is 4.74 Å². The van der Waals surface area contributed by atoms with Crippen LogP contribution in [0.3, 0.4) is 0 Å². The van der Waals surface area contributed by atoms with E-state index < -0.39 is 0 Å². The van der Waals surface area contributed by atoms with Crippen molar-refractivity contribution in [2.75, 3.05) is 18.6 Å². The number of allylic oxidation sites excluding steroid dienone is 1. The summed E-state index contributed by atoms with van der Waals surface area (Å²) in [5, 5.41) is 11.0. The van der Waals surface area contributed by atoms with Crippen molar-refractivity contribution >= 4 is 23.5 Å². The van der Waals surface area contributed by atoms with Crippen LogP contribution in [0.4, 0.5) is 5.69 Å². The van der Waals surface area contributed by atoms with Crippen LogP contribution in [0.5, 0.6) is 5.75 Å². The fourth-order valence-corrected chi connectivity index (χ4v) is 2.95. The van der Waals surface area contributed by atoms with Crippen molar-refractivity contribution < 1.29 is 9.66 Å². The minimum absolute atomic E-state index is 0.111. The van der Waals surface area contributed by atoms with Crippen molar-refractivity contribution in [3.05, 3.63) is 39.4 Å². The SMILES string of the molecule is COc1ccc(C=C2CCSCC2)c([N+](=O)[O-])c1. The molecule has 0 unspecified atom stereocenters. The molecule has 2 rings (SSSR count). The Balaban J connectivity index is 2.34. The Hall–Kier alpha value is -1.49. The first kappa shape index (κ1) is 13.0. The number of nitro benzene ring substituents is 1. The fraction of sp³-hybridized carbons (Fsp3) is 0.385. The van der Waals surface area contributed by atoms with Gasteiger partial charge in [0.2, 0.25) is 0 Å². The van der Waals surface area contributed by atoms with Crippen LogP contribution < -0.4 is 4.74 Å². The minimum Gasteiger partial charge on any atom is -0.497 e. The molecule has 1 aliphatic heterocycles. The molecule has 0 N–H and O–H groups in total. The maximum atomic E-state index is 11.0. The normalized spacial score (nSPS) is 15.3.